The molecule has 0 bridgehead atoms. The predicted octanol–water partition coefficient (Wildman–Crippen LogP) is 2.92. The Morgan fingerprint density at radius 3 is 2.80 bits per heavy atom. The number of hydrogen-bond acceptors (Lipinski definition) is 3. The lowest BCUT2D eigenvalue weighted by Crippen LogP contribution is -2.38. The summed E-state index contributed by atoms with van der Waals surface area (Å²) in [6.07, 6.45) is 6.52. The third-order valence-corrected chi connectivity index (χ3v) is 4.87. The minimum atomic E-state index is 0.0431. The third-order valence-electron chi connectivity index (χ3n) is 4.87. The Hall–Kier alpha value is -3.46. The van der Waals surface area contributed by atoms with Crippen LogP contribution in [0.15, 0.2) is 53.5 Å². The Morgan fingerprint density at radius 2 is 2.03 bits per heavy atom. The molecule has 3 N–H and O–H groups in total. The van der Waals surface area contributed by atoms with Crippen LogP contribution in [0.2, 0.25) is 0 Å². The van der Waals surface area contributed by atoms with Gasteiger partial charge in [0, 0.05) is 31.1 Å². The summed E-state index contributed by atoms with van der Waals surface area (Å²) >= 11 is 0. The number of fused-ring (bicyclic) bond motifs is 1. The fourth-order valence-electron chi connectivity index (χ4n) is 3.41. The first-order valence-corrected chi connectivity index (χ1v) is 10.3. The number of terminal acetylenes is 1. The van der Waals surface area contributed by atoms with Gasteiger partial charge in [0.05, 0.1) is 6.54 Å². The van der Waals surface area contributed by atoms with Gasteiger partial charge in [0.1, 0.15) is 12.4 Å². The number of rotatable bonds is 8. The summed E-state index contributed by atoms with van der Waals surface area (Å²) in [5.41, 5.74) is 3.23. The van der Waals surface area contributed by atoms with E-state index in [4.69, 9.17) is 16.2 Å². The first-order valence-electron chi connectivity index (χ1n) is 10.3. The topological polar surface area (TPSA) is 74.8 Å². The number of anilines is 1. The van der Waals surface area contributed by atoms with Crippen LogP contribution in [0, 0.1) is 12.3 Å². The van der Waals surface area contributed by atoms with Crippen LogP contribution in [0.1, 0.15) is 30.4 Å². The molecular weight excluding hydrogens is 376 g/mol. The molecule has 0 fully saturated rings. The molecule has 0 radical (unpaired) electrons. The van der Waals surface area contributed by atoms with Gasteiger partial charge in [-0.2, -0.15) is 0 Å². The number of carbonyl (C=O) groups excluding carboxylic acids is 1. The molecule has 1 amide bonds. The van der Waals surface area contributed by atoms with Crippen molar-refractivity contribution in [1.82, 2.24) is 10.6 Å². The number of ether oxygens (including phenoxy) is 1. The van der Waals surface area contributed by atoms with Crippen molar-refractivity contribution in [3.05, 3.63) is 59.7 Å². The van der Waals surface area contributed by atoms with Gasteiger partial charge in [-0.25, -0.2) is 0 Å². The van der Waals surface area contributed by atoms with Crippen molar-refractivity contribution >= 4 is 17.6 Å². The minimum absolute atomic E-state index is 0.0431. The van der Waals surface area contributed by atoms with E-state index in [1.165, 1.54) is 5.56 Å². The van der Waals surface area contributed by atoms with Gasteiger partial charge in [-0.1, -0.05) is 36.3 Å². The van der Waals surface area contributed by atoms with Gasteiger partial charge in [-0.15, -0.1) is 6.42 Å². The molecule has 1 aliphatic heterocycles. The molecule has 2 aromatic carbocycles. The molecule has 0 aromatic heterocycles. The highest BCUT2D eigenvalue weighted by Gasteiger charge is 2.24. The van der Waals surface area contributed by atoms with Crippen molar-refractivity contribution in [3.8, 4) is 18.1 Å². The largest absolute Gasteiger partial charge is 0.481 e. The highest BCUT2D eigenvalue weighted by atomic mass is 16.5. The van der Waals surface area contributed by atoms with Crippen LogP contribution in [0.3, 0.4) is 0 Å². The standard InChI is InChI=1S/C24H28N4O2/c1-3-15-30-20-11-9-18(10-12-20)13-14-26-24(25-4-2)27-17-19-16-23(29)28-22-8-6-5-7-21(19)22/h1,5-12,19H,4,13-17H2,2H3,(H,28,29)(H2,25,26,27). The summed E-state index contributed by atoms with van der Waals surface area (Å²) in [6.45, 7) is 4.39. The summed E-state index contributed by atoms with van der Waals surface area (Å²) in [7, 11) is 0. The maximum atomic E-state index is 12.0. The van der Waals surface area contributed by atoms with Crippen molar-refractivity contribution in [2.75, 3.05) is 31.6 Å². The van der Waals surface area contributed by atoms with E-state index in [9.17, 15) is 4.79 Å². The second-order valence-corrected chi connectivity index (χ2v) is 7.07. The first-order chi connectivity index (χ1) is 14.7. The molecule has 1 heterocycles. The summed E-state index contributed by atoms with van der Waals surface area (Å²) in [5.74, 6) is 4.12. The molecule has 6 nitrogen and oxygen atoms in total. The molecule has 3 rings (SSSR count). The monoisotopic (exact) mass is 404 g/mol. The fraction of sp³-hybridized carbons (Fsp3) is 0.333. The minimum Gasteiger partial charge on any atom is -0.481 e. The number of hydrogen-bond donors (Lipinski definition) is 3. The molecular formula is C24H28N4O2. The van der Waals surface area contributed by atoms with Crippen LogP contribution in [-0.4, -0.2) is 38.1 Å². The average molecular weight is 405 g/mol. The predicted molar refractivity (Wildman–Crippen MR) is 121 cm³/mol. The molecule has 0 saturated heterocycles. The lowest BCUT2D eigenvalue weighted by molar-refractivity contribution is -0.116. The van der Waals surface area contributed by atoms with E-state index in [2.05, 4.69) is 27.9 Å². The van der Waals surface area contributed by atoms with E-state index < -0.39 is 0 Å². The second kappa shape index (κ2) is 10.9. The Labute approximate surface area is 178 Å². The molecule has 30 heavy (non-hydrogen) atoms. The number of nitrogens with one attached hydrogen (secondary N) is 3. The van der Waals surface area contributed by atoms with Crippen molar-refractivity contribution in [1.29, 1.82) is 0 Å². The van der Waals surface area contributed by atoms with Crippen molar-refractivity contribution in [2.45, 2.75) is 25.7 Å². The van der Waals surface area contributed by atoms with Gasteiger partial charge in [0.2, 0.25) is 5.91 Å². The number of guanidine groups is 1. The van der Waals surface area contributed by atoms with Crippen molar-refractivity contribution in [2.24, 2.45) is 4.99 Å². The molecule has 6 heteroatoms. The van der Waals surface area contributed by atoms with E-state index in [0.717, 1.165) is 42.5 Å². The Balaban J connectivity index is 1.55. The van der Waals surface area contributed by atoms with Gasteiger partial charge in [0.15, 0.2) is 5.96 Å². The Morgan fingerprint density at radius 1 is 1.23 bits per heavy atom. The van der Waals surface area contributed by atoms with Crippen LogP contribution in [-0.2, 0) is 11.2 Å². The van der Waals surface area contributed by atoms with Crippen molar-refractivity contribution < 1.29 is 9.53 Å². The summed E-state index contributed by atoms with van der Waals surface area (Å²) in [5, 5.41) is 9.58. The van der Waals surface area contributed by atoms with Crippen LogP contribution < -0.4 is 20.7 Å². The summed E-state index contributed by atoms with van der Waals surface area (Å²) in [4.78, 5) is 16.7. The van der Waals surface area contributed by atoms with Crippen molar-refractivity contribution in [3.63, 3.8) is 0 Å². The smallest absolute Gasteiger partial charge is 0.225 e. The van der Waals surface area contributed by atoms with Gasteiger partial charge >= 0.3 is 0 Å². The average Bonchev–Trinajstić information content (AvgIpc) is 2.76. The zero-order valence-electron chi connectivity index (χ0n) is 17.3. The molecule has 1 aliphatic rings. The number of amides is 1. The SMILES string of the molecule is C#CCOc1ccc(CCNC(=NCC2CC(=O)Nc3ccccc32)NCC)cc1. The highest BCUT2D eigenvalue weighted by molar-refractivity contribution is 5.94. The number of para-hydroxylation sites is 1. The van der Waals surface area contributed by atoms with Gasteiger partial charge < -0.3 is 20.7 Å². The zero-order chi connectivity index (χ0) is 21.2. The van der Waals surface area contributed by atoms with Gasteiger partial charge in [-0.3, -0.25) is 9.79 Å². The summed E-state index contributed by atoms with van der Waals surface area (Å²) in [6, 6.07) is 15.9. The lowest BCUT2D eigenvalue weighted by atomic mass is 9.91. The Bertz CT molecular complexity index is 916. The van der Waals surface area contributed by atoms with Crippen LogP contribution in [0.5, 0.6) is 5.75 Å². The number of benzene rings is 2. The lowest BCUT2D eigenvalue weighted by Gasteiger charge is -2.24. The number of aliphatic imine (C=N–C) groups is 1. The molecule has 156 valence electrons. The van der Waals surface area contributed by atoms with E-state index in [1.807, 2.05) is 49.4 Å². The maximum Gasteiger partial charge on any atom is 0.225 e. The quantitative estimate of drug-likeness (QED) is 0.359. The fourth-order valence-corrected chi connectivity index (χ4v) is 3.41. The first kappa shape index (κ1) is 21.3. The van der Waals surface area contributed by atoms with E-state index >= 15 is 0 Å². The summed E-state index contributed by atoms with van der Waals surface area (Å²) < 4.78 is 5.40. The van der Waals surface area contributed by atoms with Gasteiger partial charge in [0.25, 0.3) is 0 Å². The second-order valence-electron chi connectivity index (χ2n) is 7.07. The molecule has 1 atom stereocenters. The molecule has 2 aromatic rings. The van der Waals surface area contributed by atoms with E-state index in [1.54, 1.807) is 0 Å². The van der Waals surface area contributed by atoms with Crippen LogP contribution in [0.25, 0.3) is 0 Å². The van der Waals surface area contributed by atoms with E-state index in [0.29, 0.717) is 13.0 Å². The normalized spacial score (nSPS) is 15.5. The van der Waals surface area contributed by atoms with Gasteiger partial charge in [-0.05, 0) is 42.7 Å². The third kappa shape index (κ3) is 6.02. The molecule has 0 spiro atoms. The molecule has 0 aliphatic carbocycles. The van der Waals surface area contributed by atoms with Crippen LogP contribution >= 0.6 is 0 Å². The number of nitrogens with zero attached hydrogens (tertiary/aromatic N) is 1. The number of carbonyl (C=O) groups is 1. The highest BCUT2D eigenvalue weighted by Crippen LogP contribution is 2.31. The molecule has 0 saturated carbocycles. The Kier molecular flexibility index (Phi) is 7.73. The van der Waals surface area contributed by atoms with E-state index in [-0.39, 0.29) is 18.4 Å². The molecule has 1 unspecified atom stereocenters. The maximum absolute atomic E-state index is 12.0. The zero-order valence-corrected chi connectivity index (χ0v) is 17.3. The van der Waals surface area contributed by atoms with Crippen LogP contribution in [0.4, 0.5) is 5.69 Å².